The van der Waals surface area contributed by atoms with Gasteiger partial charge in [-0.1, -0.05) is 23.7 Å². The standard InChI is InChI=1S/C15H11ClN2O4/c1-9(19)10-3-2-4-11(7-10)17-15(20)13-6-5-12(18(21)22)8-14(13)16/h2-8H,1H3,(H,17,20). The summed E-state index contributed by atoms with van der Waals surface area (Å²) in [5.74, 6) is -0.634. The van der Waals surface area contributed by atoms with Crippen LogP contribution in [0.2, 0.25) is 5.02 Å². The van der Waals surface area contributed by atoms with Gasteiger partial charge in [0.25, 0.3) is 11.6 Å². The van der Waals surface area contributed by atoms with Crippen molar-refractivity contribution in [1.82, 2.24) is 0 Å². The lowest BCUT2D eigenvalue weighted by Gasteiger charge is -2.07. The summed E-state index contributed by atoms with van der Waals surface area (Å²) in [5, 5.41) is 13.2. The molecule has 0 radical (unpaired) electrons. The zero-order valence-corrected chi connectivity index (χ0v) is 12.3. The second-order valence-electron chi connectivity index (χ2n) is 4.51. The minimum atomic E-state index is -0.593. The number of ketones is 1. The lowest BCUT2D eigenvalue weighted by Crippen LogP contribution is -2.13. The number of halogens is 1. The molecule has 0 aromatic heterocycles. The Morgan fingerprint density at radius 2 is 1.91 bits per heavy atom. The number of nitro groups is 1. The van der Waals surface area contributed by atoms with Gasteiger partial charge in [-0.25, -0.2) is 0 Å². The molecular weight excluding hydrogens is 308 g/mol. The summed E-state index contributed by atoms with van der Waals surface area (Å²) < 4.78 is 0. The second-order valence-corrected chi connectivity index (χ2v) is 4.92. The smallest absolute Gasteiger partial charge is 0.270 e. The van der Waals surface area contributed by atoms with Crippen LogP contribution in [0.4, 0.5) is 11.4 Å². The number of nitro benzene ring substituents is 1. The quantitative estimate of drug-likeness (QED) is 0.528. The Balaban J connectivity index is 2.24. The van der Waals surface area contributed by atoms with Crippen molar-refractivity contribution in [2.24, 2.45) is 0 Å². The summed E-state index contributed by atoms with van der Waals surface area (Å²) in [7, 11) is 0. The van der Waals surface area contributed by atoms with Crippen LogP contribution in [0.15, 0.2) is 42.5 Å². The Labute approximate surface area is 130 Å². The van der Waals surface area contributed by atoms with Crippen molar-refractivity contribution < 1.29 is 14.5 Å². The molecule has 0 unspecified atom stereocenters. The molecule has 0 spiro atoms. The average molecular weight is 319 g/mol. The van der Waals surface area contributed by atoms with Crippen molar-refractivity contribution >= 4 is 34.7 Å². The minimum Gasteiger partial charge on any atom is -0.322 e. The first-order valence-electron chi connectivity index (χ1n) is 6.25. The van der Waals surface area contributed by atoms with Crippen molar-refractivity contribution in [2.45, 2.75) is 6.92 Å². The number of hydrogen-bond donors (Lipinski definition) is 1. The number of hydrogen-bond acceptors (Lipinski definition) is 4. The molecule has 0 fully saturated rings. The maximum atomic E-state index is 12.1. The highest BCUT2D eigenvalue weighted by atomic mass is 35.5. The number of carbonyl (C=O) groups excluding carboxylic acids is 2. The largest absolute Gasteiger partial charge is 0.322 e. The van der Waals surface area contributed by atoms with E-state index in [1.54, 1.807) is 24.3 Å². The third-order valence-corrected chi connectivity index (χ3v) is 3.25. The van der Waals surface area contributed by atoms with Crippen molar-refractivity contribution in [3.8, 4) is 0 Å². The summed E-state index contributed by atoms with van der Waals surface area (Å²) in [6.45, 7) is 1.42. The van der Waals surface area contributed by atoms with Gasteiger partial charge in [0, 0.05) is 23.4 Å². The van der Waals surface area contributed by atoms with Gasteiger partial charge in [-0.05, 0) is 25.1 Å². The Kier molecular flexibility index (Phi) is 4.53. The maximum Gasteiger partial charge on any atom is 0.270 e. The fourth-order valence-corrected chi connectivity index (χ4v) is 2.08. The van der Waals surface area contributed by atoms with Crippen molar-refractivity contribution in [3.05, 3.63) is 68.7 Å². The Hall–Kier alpha value is -2.73. The molecule has 2 aromatic carbocycles. The molecule has 1 amide bonds. The molecule has 22 heavy (non-hydrogen) atoms. The lowest BCUT2D eigenvalue weighted by molar-refractivity contribution is -0.384. The second kappa shape index (κ2) is 6.36. The number of nitrogens with zero attached hydrogens (tertiary/aromatic N) is 1. The van der Waals surface area contributed by atoms with Crippen molar-refractivity contribution in [3.63, 3.8) is 0 Å². The first kappa shape index (κ1) is 15.7. The van der Waals surface area contributed by atoms with E-state index in [-0.39, 0.29) is 22.1 Å². The zero-order chi connectivity index (χ0) is 16.3. The highest BCUT2D eigenvalue weighted by Gasteiger charge is 2.15. The predicted octanol–water partition coefficient (Wildman–Crippen LogP) is 3.70. The number of benzene rings is 2. The molecule has 0 aliphatic carbocycles. The zero-order valence-electron chi connectivity index (χ0n) is 11.5. The molecule has 0 aliphatic heterocycles. The molecule has 0 saturated heterocycles. The number of Topliss-reactive ketones (excluding diaryl/α,β-unsaturated/α-hetero) is 1. The van der Waals surface area contributed by atoms with E-state index in [1.165, 1.54) is 19.1 Å². The molecule has 0 atom stereocenters. The molecule has 1 N–H and O–H groups in total. The maximum absolute atomic E-state index is 12.1. The van der Waals surface area contributed by atoms with Gasteiger partial charge in [0.1, 0.15) is 0 Å². The number of carbonyl (C=O) groups is 2. The number of anilines is 1. The van der Waals surface area contributed by atoms with Gasteiger partial charge in [0.05, 0.1) is 15.5 Å². The topological polar surface area (TPSA) is 89.3 Å². The fourth-order valence-electron chi connectivity index (χ4n) is 1.82. The van der Waals surface area contributed by atoms with E-state index in [0.717, 1.165) is 6.07 Å². The molecule has 0 bridgehead atoms. The van der Waals surface area contributed by atoms with Crippen LogP contribution in [0.3, 0.4) is 0 Å². The Morgan fingerprint density at radius 1 is 1.18 bits per heavy atom. The van der Waals surface area contributed by atoms with Crippen LogP contribution in [-0.4, -0.2) is 16.6 Å². The van der Waals surface area contributed by atoms with Gasteiger partial charge >= 0.3 is 0 Å². The summed E-state index contributed by atoms with van der Waals surface area (Å²) in [6.07, 6.45) is 0. The van der Waals surface area contributed by atoms with Crippen LogP contribution >= 0.6 is 11.6 Å². The lowest BCUT2D eigenvalue weighted by atomic mass is 10.1. The van der Waals surface area contributed by atoms with Crippen LogP contribution < -0.4 is 5.32 Å². The fraction of sp³-hybridized carbons (Fsp3) is 0.0667. The molecular formula is C15H11ClN2O4. The van der Waals surface area contributed by atoms with Gasteiger partial charge in [-0.2, -0.15) is 0 Å². The van der Waals surface area contributed by atoms with Gasteiger partial charge in [-0.3, -0.25) is 19.7 Å². The van der Waals surface area contributed by atoms with E-state index in [4.69, 9.17) is 11.6 Å². The predicted molar refractivity (Wildman–Crippen MR) is 82.5 cm³/mol. The van der Waals surface area contributed by atoms with Crippen LogP contribution in [0, 0.1) is 10.1 Å². The van der Waals surface area contributed by atoms with Crippen molar-refractivity contribution in [2.75, 3.05) is 5.32 Å². The SMILES string of the molecule is CC(=O)c1cccc(NC(=O)c2ccc([N+](=O)[O-])cc2Cl)c1. The molecule has 0 saturated carbocycles. The van der Waals surface area contributed by atoms with Crippen LogP contribution in [0.5, 0.6) is 0 Å². The van der Waals surface area contributed by atoms with Gasteiger partial charge in [0.15, 0.2) is 5.78 Å². The van der Waals surface area contributed by atoms with Crippen LogP contribution in [0.25, 0.3) is 0 Å². The van der Waals surface area contributed by atoms with Crippen LogP contribution in [0.1, 0.15) is 27.6 Å². The molecule has 0 aliphatic rings. The molecule has 2 aromatic rings. The summed E-state index contributed by atoms with van der Waals surface area (Å²) in [5.41, 5.74) is 0.820. The summed E-state index contributed by atoms with van der Waals surface area (Å²) in [4.78, 5) is 33.5. The Morgan fingerprint density at radius 3 is 2.50 bits per heavy atom. The summed E-state index contributed by atoms with van der Waals surface area (Å²) >= 11 is 5.90. The third-order valence-electron chi connectivity index (χ3n) is 2.94. The van der Waals surface area contributed by atoms with E-state index in [2.05, 4.69) is 5.32 Å². The third kappa shape index (κ3) is 3.48. The molecule has 7 heteroatoms. The first-order chi connectivity index (χ1) is 10.4. The van der Waals surface area contributed by atoms with E-state index >= 15 is 0 Å². The van der Waals surface area contributed by atoms with E-state index in [1.807, 2.05) is 0 Å². The van der Waals surface area contributed by atoms with Gasteiger partial charge < -0.3 is 5.32 Å². The van der Waals surface area contributed by atoms with Gasteiger partial charge in [0.2, 0.25) is 0 Å². The number of amides is 1. The molecule has 112 valence electrons. The number of nitrogens with one attached hydrogen (secondary N) is 1. The number of rotatable bonds is 4. The number of non-ortho nitro benzene ring substituents is 1. The average Bonchev–Trinajstić information content (AvgIpc) is 2.47. The molecule has 0 heterocycles. The normalized spacial score (nSPS) is 10.1. The first-order valence-corrected chi connectivity index (χ1v) is 6.62. The minimum absolute atomic E-state index is 0.0191. The molecule has 2 rings (SSSR count). The summed E-state index contributed by atoms with van der Waals surface area (Å²) in [6, 6.07) is 10.0. The van der Waals surface area contributed by atoms with E-state index in [0.29, 0.717) is 11.3 Å². The Bertz CT molecular complexity index is 774. The highest BCUT2D eigenvalue weighted by Crippen LogP contribution is 2.23. The van der Waals surface area contributed by atoms with E-state index in [9.17, 15) is 19.7 Å². The monoisotopic (exact) mass is 318 g/mol. The van der Waals surface area contributed by atoms with Crippen molar-refractivity contribution in [1.29, 1.82) is 0 Å². The van der Waals surface area contributed by atoms with E-state index < -0.39 is 10.8 Å². The van der Waals surface area contributed by atoms with Gasteiger partial charge in [-0.15, -0.1) is 0 Å². The highest BCUT2D eigenvalue weighted by molar-refractivity contribution is 6.34. The van der Waals surface area contributed by atoms with Crippen LogP contribution in [-0.2, 0) is 0 Å². The molecule has 6 nitrogen and oxygen atoms in total.